The van der Waals surface area contributed by atoms with E-state index in [2.05, 4.69) is 51.2 Å². The van der Waals surface area contributed by atoms with Crippen molar-refractivity contribution in [3.8, 4) is 0 Å². The molecule has 1 saturated carbocycles. The molecule has 7 nitrogen and oxygen atoms in total. The Morgan fingerprint density at radius 2 is 2.00 bits per heavy atom. The average molecular weight is 533 g/mol. The molecule has 1 aromatic rings. The zero-order chi connectivity index (χ0) is 20.7. The zero-order valence-corrected chi connectivity index (χ0v) is 21.6. The van der Waals surface area contributed by atoms with Crippen LogP contribution in [0.25, 0.3) is 0 Å². The number of fused-ring (bicyclic) bond motifs is 1. The van der Waals surface area contributed by atoms with Gasteiger partial charge in [-0.1, -0.05) is 20.3 Å². The van der Waals surface area contributed by atoms with Gasteiger partial charge < -0.3 is 19.9 Å². The number of hydrogen-bond acceptors (Lipinski definition) is 4. The maximum Gasteiger partial charge on any atom is 0.191 e. The molecule has 0 amide bonds. The first-order valence-electron chi connectivity index (χ1n) is 11.7. The molecule has 3 rings (SSSR count). The van der Waals surface area contributed by atoms with Gasteiger partial charge in [0, 0.05) is 51.0 Å². The predicted molar refractivity (Wildman–Crippen MR) is 133 cm³/mol. The highest BCUT2D eigenvalue weighted by Gasteiger charge is 2.53. The van der Waals surface area contributed by atoms with Crippen LogP contribution >= 0.6 is 24.0 Å². The van der Waals surface area contributed by atoms with Crippen molar-refractivity contribution in [3.05, 3.63) is 11.6 Å². The summed E-state index contributed by atoms with van der Waals surface area (Å²) in [5, 5.41) is 16.0. The topological polar surface area (TPSA) is 76.4 Å². The standard InChI is InChI=1S/C22H40N6O.HI/c1-5-22(6-2)17(16-18(22)29-7-3)25-21(23-4)24-14-11-13-20-27-26-19-12-9-8-10-15-28(19)20;/h17-18H,5-16H2,1-4H3,(H2,23,24,25);1H. The van der Waals surface area contributed by atoms with E-state index in [-0.39, 0.29) is 29.4 Å². The lowest BCUT2D eigenvalue weighted by atomic mass is 9.58. The third-order valence-electron chi connectivity index (χ3n) is 7.06. The van der Waals surface area contributed by atoms with E-state index in [4.69, 9.17) is 4.74 Å². The van der Waals surface area contributed by atoms with Crippen molar-refractivity contribution in [2.45, 2.75) is 97.2 Å². The largest absolute Gasteiger partial charge is 0.378 e. The normalized spacial score (nSPS) is 23.0. The molecule has 1 aromatic heterocycles. The summed E-state index contributed by atoms with van der Waals surface area (Å²) in [4.78, 5) is 4.45. The maximum absolute atomic E-state index is 6.00. The molecule has 2 aliphatic rings. The van der Waals surface area contributed by atoms with Gasteiger partial charge in [0.1, 0.15) is 11.6 Å². The Bertz CT molecular complexity index is 673. The molecule has 0 radical (unpaired) electrons. The second kappa shape index (κ2) is 12.2. The van der Waals surface area contributed by atoms with Crippen LogP contribution in [0.2, 0.25) is 0 Å². The first kappa shape index (κ1) is 25.4. The van der Waals surface area contributed by atoms with E-state index in [0.717, 1.165) is 70.0 Å². The van der Waals surface area contributed by atoms with Gasteiger partial charge in [0.05, 0.1) is 6.10 Å². The highest BCUT2D eigenvalue weighted by Crippen LogP contribution is 2.48. The minimum absolute atomic E-state index is 0. The average Bonchev–Trinajstić information content (AvgIpc) is 2.95. The number of aliphatic imine (C=N–C) groups is 1. The molecule has 8 heteroatoms. The highest BCUT2D eigenvalue weighted by molar-refractivity contribution is 14.0. The summed E-state index contributed by atoms with van der Waals surface area (Å²) in [7, 11) is 1.85. The molecule has 1 aliphatic heterocycles. The third kappa shape index (κ3) is 5.47. The molecule has 2 atom stereocenters. The van der Waals surface area contributed by atoms with E-state index in [1.165, 1.54) is 25.1 Å². The van der Waals surface area contributed by atoms with Crippen LogP contribution in [-0.2, 0) is 24.1 Å². The van der Waals surface area contributed by atoms with Crippen molar-refractivity contribution >= 4 is 29.9 Å². The quantitative estimate of drug-likeness (QED) is 0.220. The molecule has 0 spiro atoms. The number of nitrogens with zero attached hydrogens (tertiary/aromatic N) is 4. The lowest BCUT2D eigenvalue weighted by Crippen LogP contribution is -2.65. The molecule has 2 heterocycles. The van der Waals surface area contributed by atoms with Gasteiger partial charge >= 0.3 is 0 Å². The minimum atomic E-state index is 0. The summed E-state index contributed by atoms with van der Waals surface area (Å²) in [6.07, 6.45) is 10.5. The van der Waals surface area contributed by atoms with E-state index in [1.807, 2.05) is 7.05 Å². The molecule has 30 heavy (non-hydrogen) atoms. The van der Waals surface area contributed by atoms with Crippen LogP contribution in [0.1, 0.15) is 77.4 Å². The third-order valence-corrected chi connectivity index (χ3v) is 7.06. The fraction of sp³-hybridized carbons (Fsp3) is 0.864. The number of nitrogens with one attached hydrogen (secondary N) is 2. The van der Waals surface area contributed by atoms with E-state index in [9.17, 15) is 0 Å². The Hall–Kier alpha value is -0.900. The summed E-state index contributed by atoms with van der Waals surface area (Å²) in [5.41, 5.74) is 0.215. The molecule has 0 bridgehead atoms. The Kier molecular flexibility index (Phi) is 10.3. The molecule has 0 aromatic carbocycles. The van der Waals surface area contributed by atoms with Crippen molar-refractivity contribution in [3.63, 3.8) is 0 Å². The van der Waals surface area contributed by atoms with E-state index < -0.39 is 0 Å². The van der Waals surface area contributed by atoms with Gasteiger partial charge in [0.15, 0.2) is 5.96 Å². The molecular weight excluding hydrogens is 491 g/mol. The van der Waals surface area contributed by atoms with Crippen LogP contribution in [0.5, 0.6) is 0 Å². The molecule has 0 saturated heterocycles. The van der Waals surface area contributed by atoms with Gasteiger partial charge in [0.25, 0.3) is 0 Å². The summed E-state index contributed by atoms with van der Waals surface area (Å²) >= 11 is 0. The fourth-order valence-electron chi connectivity index (χ4n) is 5.13. The lowest BCUT2D eigenvalue weighted by Gasteiger charge is -2.55. The van der Waals surface area contributed by atoms with Crippen molar-refractivity contribution < 1.29 is 4.74 Å². The van der Waals surface area contributed by atoms with Crippen LogP contribution in [0.4, 0.5) is 0 Å². The number of rotatable bonds is 9. The second-order valence-electron chi connectivity index (χ2n) is 8.41. The zero-order valence-electron chi connectivity index (χ0n) is 19.2. The van der Waals surface area contributed by atoms with E-state index in [1.54, 1.807) is 0 Å². The Morgan fingerprint density at radius 3 is 2.70 bits per heavy atom. The number of aromatic nitrogens is 3. The summed E-state index contributed by atoms with van der Waals surface area (Å²) in [6, 6.07) is 0.424. The number of ether oxygens (including phenoxy) is 1. The van der Waals surface area contributed by atoms with Crippen LogP contribution < -0.4 is 10.6 Å². The molecule has 1 fully saturated rings. The monoisotopic (exact) mass is 532 g/mol. The van der Waals surface area contributed by atoms with Gasteiger partial charge in [-0.3, -0.25) is 4.99 Å². The number of halogens is 1. The van der Waals surface area contributed by atoms with Crippen molar-refractivity contribution in [1.82, 2.24) is 25.4 Å². The Balaban J connectivity index is 0.00000320. The number of aryl methyl sites for hydroxylation is 2. The van der Waals surface area contributed by atoms with E-state index >= 15 is 0 Å². The summed E-state index contributed by atoms with van der Waals surface area (Å²) < 4.78 is 8.35. The molecule has 172 valence electrons. The van der Waals surface area contributed by atoms with Gasteiger partial charge in [0.2, 0.25) is 0 Å². The fourth-order valence-corrected chi connectivity index (χ4v) is 5.13. The summed E-state index contributed by atoms with van der Waals surface area (Å²) in [5.74, 6) is 3.21. The Labute approximate surface area is 199 Å². The predicted octanol–water partition coefficient (Wildman–Crippen LogP) is 3.70. The SMILES string of the molecule is CCOC1CC(NC(=NC)NCCCc2nnc3n2CCCCC3)C1(CC)CC.I. The Morgan fingerprint density at radius 1 is 1.20 bits per heavy atom. The minimum Gasteiger partial charge on any atom is -0.378 e. The van der Waals surface area contributed by atoms with E-state index in [0.29, 0.717) is 12.1 Å². The smallest absolute Gasteiger partial charge is 0.191 e. The first-order valence-corrected chi connectivity index (χ1v) is 11.7. The molecule has 2 unspecified atom stereocenters. The molecule has 2 N–H and O–H groups in total. The lowest BCUT2D eigenvalue weighted by molar-refractivity contribution is -0.133. The highest BCUT2D eigenvalue weighted by atomic mass is 127. The van der Waals surface area contributed by atoms with Crippen LogP contribution in [0.15, 0.2) is 4.99 Å². The second-order valence-corrected chi connectivity index (χ2v) is 8.41. The first-order chi connectivity index (χ1) is 14.2. The summed E-state index contributed by atoms with van der Waals surface area (Å²) in [6.45, 7) is 9.40. The molecular formula is C22H41IN6O. The maximum atomic E-state index is 6.00. The van der Waals surface area contributed by atoms with Crippen LogP contribution in [-0.4, -0.2) is 53.1 Å². The van der Waals surface area contributed by atoms with Gasteiger partial charge in [-0.25, -0.2) is 0 Å². The van der Waals surface area contributed by atoms with Crippen molar-refractivity contribution in [2.75, 3.05) is 20.2 Å². The number of guanidine groups is 1. The van der Waals surface area contributed by atoms with Crippen molar-refractivity contribution in [2.24, 2.45) is 10.4 Å². The molecule has 1 aliphatic carbocycles. The number of hydrogen-bond donors (Lipinski definition) is 2. The van der Waals surface area contributed by atoms with Crippen molar-refractivity contribution in [1.29, 1.82) is 0 Å². The van der Waals surface area contributed by atoms with Gasteiger partial charge in [-0.2, -0.15) is 0 Å². The van der Waals surface area contributed by atoms with Gasteiger partial charge in [-0.05, 0) is 45.4 Å². The van der Waals surface area contributed by atoms with Crippen LogP contribution in [0.3, 0.4) is 0 Å². The van der Waals surface area contributed by atoms with Crippen LogP contribution in [0, 0.1) is 5.41 Å². The van der Waals surface area contributed by atoms with Gasteiger partial charge in [-0.15, -0.1) is 34.2 Å².